The molecule has 0 bridgehead atoms. The zero-order valence-electron chi connectivity index (χ0n) is 13.9. The first kappa shape index (κ1) is 19.7. The van der Waals surface area contributed by atoms with Crippen molar-refractivity contribution in [3.63, 3.8) is 0 Å². The fraction of sp³-hybridized carbons (Fsp3) is 0.412. The number of esters is 1. The first-order valence-corrected chi connectivity index (χ1v) is 7.73. The third-order valence-electron chi connectivity index (χ3n) is 4.18. The molecular formula is C17H20O9. The Balaban J connectivity index is 2.10. The summed E-state index contributed by atoms with van der Waals surface area (Å²) in [6.07, 6.45) is -2.02. The van der Waals surface area contributed by atoms with Crippen LogP contribution >= 0.6 is 0 Å². The van der Waals surface area contributed by atoms with E-state index in [1.54, 1.807) is 0 Å². The number of aliphatic hydroxyl groups is 2. The summed E-state index contributed by atoms with van der Waals surface area (Å²) in [5, 5.41) is 47.9. The Morgan fingerprint density at radius 3 is 2.50 bits per heavy atom. The van der Waals surface area contributed by atoms with E-state index >= 15 is 0 Å². The van der Waals surface area contributed by atoms with Crippen LogP contribution < -0.4 is 0 Å². The maximum atomic E-state index is 12.0. The minimum Gasteiger partial charge on any atom is -0.504 e. The molecule has 4 atom stereocenters. The first-order valence-electron chi connectivity index (χ1n) is 7.73. The molecule has 9 heteroatoms. The second kappa shape index (κ2) is 7.73. The Kier molecular flexibility index (Phi) is 5.86. The Hall–Kier alpha value is -2.62. The predicted molar refractivity (Wildman–Crippen MR) is 87.3 cm³/mol. The van der Waals surface area contributed by atoms with Gasteiger partial charge in [-0.2, -0.15) is 0 Å². The zero-order chi connectivity index (χ0) is 19.5. The Morgan fingerprint density at radius 2 is 1.92 bits per heavy atom. The number of aromatic hydroxyl groups is 2. The molecule has 0 saturated heterocycles. The number of carbonyl (C=O) groups excluding carboxylic acids is 1. The number of aliphatic hydroxyl groups excluding tert-OH is 1. The van der Waals surface area contributed by atoms with Gasteiger partial charge in [-0.1, -0.05) is 6.07 Å². The summed E-state index contributed by atoms with van der Waals surface area (Å²) in [5.41, 5.74) is -1.82. The van der Waals surface area contributed by atoms with Crippen molar-refractivity contribution in [3.05, 3.63) is 29.8 Å². The average molecular weight is 368 g/mol. The number of hydrogen-bond acceptors (Lipinski definition) is 8. The number of carboxylic acids is 1. The number of rotatable bonds is 5. The van der Waals surface area contributed by atoms with Crippen LogP contribution in [0.15, 0.2) is 24.3 Å². The summed E-state index contributed by atoms with van der Waals surface area (Å²) in [4.78, 5) is 23.2. The number of carboxylic acid groups (broad SMARTS) is 1. The fourth-order valence-corrected chi connectivity index (χ4v) is 2.83. The second-order valence-corrected chi connectivity index (χ2v) is 6.07. The molecule has 1 aromatic rings. The minimum atomic E-state index is -2.23. The van der Waals surface area contributed by atoms with Gasteiger partial charge < -0.3 is 35.0 Å². The molecule has 1 fully saturated rings. The molecule has 0 aromatic heterocycles. The highest BCUT2D eigenvalue weighted by Crippen LogP contribution is 2.33. The topological polar surface area (TPSA) is 154 Å². The van der Waals surface area contributed by atoms with E-state index in [-0.39, 0.29) is 11.5 Å². The lowest BCUT2D eigenvalue weighted by molar-refractivity contribution is -0.200. The molecular weight excluding hydrogens is 348 g/mol. The average Bonchev–Trinajstić information content (AvgIpc) is 2.55. The Morgan fingerprint density at radius 1 is 1.23 bits per heavy atom. The summed E-state index contributed by atoms with van der Waals surface area (Å²) < 4.78 is 10.2. The van der Waals surface area contributed by atoms with Gasteiger partial charge in [0.25, 0.3) is 0 Å². The molecule has 0 aliphatic heterocycles. The smallest absolute Gasteiger partial charge is 0.335 e. The van der Waals surface area contributed by atoms with Crippen LogP contribution in [0.1, 0.15) is 18.4 Å². The number of carbonyl (C=O) groups is 2. The number of benzene rings is 1. The van der Waals surface area contributed by atoms with E-state index in [0.29, 0.717) is 5.56 Å². The second-order valence-electron chi connectivity index (χ2n) is 6.07. The highest BCUT2D eigenvalue weighted by molar-refractivity contribution is 5.87. The summed E-state index contributed by atoms with van der Waals surface area (Å²) in [5.74, 6) is -3.05. The van der Waals surface area contributed by atoms with Crippen LogP contribution in [0.25, 0.3) is 6.08 Å². The quantitative estimate of drug-likeness (QED) is 0.275. The van der Waals surface area contributed by atoms with Crippen molar-refractivity contribution >= 4 is 18.0 Å². The van der Waals surface area contributed by atoms with Crippen LogP contribution in [0.2, 0.25) is 0 Å². The molecule has 2 rings (SSSR count). The summed E-state index contributed by atoms with van der Waals surface area (Å²) in [6, 6.07) is 3.92. The highest BCUT2D eigenvalue weighted by Gasteiger charge is 2.51. The van der Waals surface area contributed by atoms with E-state index in [1.165, 1.54) is 31.4 Å². The van der Waals surface area contributed by atoms with Crippen molar-refractivity contribution < 1.29 is 44.6 Å². The number of phenols is 2. The molecule has 1 aliphatic rings. The molecule has 1 aliphatic carbocycles. The number of aliphatic carboxylic acids is 1. The number of methoxy groups -OCH3 is 1. The van der Waals surface area contributed by atoms with Crippen molar-refractivity contribution in [2.75, 3.05) is 7.11 Å². The maximum absolute atomic E-state index is 12.0. The Bertz CT molecular complexity index is 714. The molecule has 142 valence electrons. The van der Waals surface area contributed by atoms with E-state index in [1.807, 2.05) is 0 Å². The molecule has 9 nitrogen and oxygen atoms in total. The lowest BCUT2D eigenvalue weighted by Gasteiger charge is -2.40. The maximum Gasteiger partial charge on any atom is 0.335 e. The zero-order valence-corrected chi connectivity index (χ0v) is 13.9. The third kappa shape index (κ3) is 4.31. The van der Waals surface area contributed by atoms with Crippen molar-refractivity contribution in [2.24, 2.45) is 0 Å². The molecule has 0 spiro atoms. The number of phenolic OH excluding ortho intramolecular Hbond substituents is 2. The molecule has 26 heavy (non-hydrogen) atoms. The standard InChI is InChI=1S/C17H20O9/c1-25-15-12(20)7-17(24,16(22)23)8-13(15)26-14(21)5-3-9-2-4-10(18)11(19)6-9/h2-6,12-13,15,18-20,24H,7-8H2,1H3,(H,22,23). The van der Waals surface area contributed by atoms with Crippen LogP contribution in [-0.4, -0.2) is 68.5 Å². The Labute approximate surface area is 148 Å². The van der Waals surface area contributed by atoms with Crippen molar-refractivity contribution in [3.8, 4) is 11.5 Å². The van der Waals surface area contributed by atoms with Gasteiger partial charge in [-0.05, 0) is 23.8 Å². The third-order valence-corrected chi connectivity index (χ3v) is 4.18. The molecule has 0 amide bonds. The van der Waals surface area contributed by atoms with Gasteiger partial charge in [-0.25, -0.2) is 9.59 Å². The minimum absolute atomic E-state index is 0.309. The van der Waals surface area contributed by atoms with E-state index in [4.69, 9.17) is 14.6 Å². The molecule has 1 aromatic carbocycles. The monoisotopic (exact) mass is 368 g/mol. The van der Waals surface area contributed by atoms with Gasteiger partial charge in [0.2, 0.25) is 0 Å². The van der Waals surface area contributed by atoms with Crippen molar-refractivity contribution in [2.45, 2.75) is 36.8 Å². The van der Waals surface area contributed by atoms with Crippen LogP contribution in [0, 0.1) is 0 Å². The lowest BCUT2D eigenvalue weighted by Crippen LogP contribution is -2.57. The first-order chi connectivity index (χ1) is 12.2. The summed E-state index contributed by atoms with van der Waals surface area (Å²) >= 11 is 0. The summed E-state index contributed by atoms with van der Waals surface area (Å²) in [7, 11) is 1.27. The van der Waals surface area contributed by atoms with E-state index in [9.17, 15) is 30.0 Å². The van der Waals surface area contributed by atoms with Gasteiger partial charge in [-0.15, -0.1) is 0 Å². The predicted octanol–water partition coefficient (Wildman–Crippen LogP) is 0.00820. The van der Waals surface area contributed by atoms with Gasteiger partial charge >= 0.3 is 11.9 Å². The highest BCUT2D eigenvalue weighted by atomic mass is 16.6. The van der Waals surface area contributed by atoms with Gasteiger partial charge in [0.15, 0.2) is 17.1 Å². The largest absolute Gasteiger partial charge is 0.504 e. The van der Waals surface area contributed by atoms with Gasteiger partial charge in [0.05, 0.1) is 6.10 Å². The van der Waals surface area contributed by atoms with Crippen LogP contribution in [0.5, 0.6) is 11.5 Å². The number of ether oxygens (including phenoxy) is 2. The van der Waals surface area contributed by atoms with Gasteiger partial charge in [0.1, 0.15) is 12.2 Å². The van der Waals surface area contributed by atoms with Gasteiger partial charge in [-0.3, -0.25) is 0 Å². The van der Waals surface area contributed by atoms with Crippen molar-refractivity contribution in [1.29, 1.82) is 0 Å². The van der Waals surface area contributed by atoms with Gasteiger partial charge in [0, 0.05) is 26.0 Å². The molecule has 1 saturated carbocycles. The van der Waals surface area contributed by atoms with Crippen LogP contribution in [-0.2, 0) is 19.1 Å². The molecule has 4 unspecified atom stereocenters. The van der Waals surface area contributed by atoms with Crippen LogP contribution in [0.4, 0.5) is 0 Å². The summed E-state index contributed by atoms with van der Waals surface area (Å²) in [6.45, 7) is 0. The van der Waals surface area contributed by atoms with E-state index in [2.05, 4.69) is 0 Å². The number of hydrogen-bond donors (Lipinski definition) is 5. The molecule has 5 N–H and O–H groups in total. The van der Waals surface area contributed by atoms with E-state index in [0.717, 1.165) is 6.08 Å². The normalized spacial score (nSPS) is 28.8. The fourth-order valence-electron chi connectivity index (χ4n) is 2.83. The van der Waals surface area contributed by atoms with Crippen LogP contribution in [0.3, 0.4) is 0 Å². The van der Waals surface area contributed by atoms with Crippen molar-refractivity contribution in [1.82, 2.24) is 0 Å². The molecule has 0 heterocycles. The SMILES string of the molecule is COC1C(O)CC(O)(C(=O)O)CC1OC(=O)C=Cc1ccc(O)c(O)c1. The molecule has 0 radical (unpaired) electrons. The van der Waals surface area contributed by atoms with E-state index < -0.39 is 48.7 Å². The lowest BCUT2D eigenvalue weighted by atomic mass is 9.79.